The summed E-state index contributed by atoms with van der Waals surface area (Å²) in [4.78, 5) is 22.7. The second kappa shape index (κ2) is 4.39. The smallest absolute Gasteiger partial charge is 0.252 e. The number of aliphatic hydroxyl groups excluding tert-OH is 2. The zero-order chi connectivity index (χ0) is 11.7. The predicted molar refractivity (Wildman–Crippen MR) is 54.3 cm³/mol. The SMILES string of the molecule is O=C(NC1CC1)[C@@H](O)[C@H](O)C(=O)NC1CC1. The Bertz CT molecular complexity index is 269. The van der Waals surface area contributed by atoms with Crippen molar-refractivity contribution in [3.8, 4) is 0 Å². The van der Waals surface area contributed by atoms with Crippen LogP contribution in [0.15, 0.2) is 0 Å². The molecular weight excluding hydrogens is 212 g/mol. The van der Waals surface area contributed by atoms with E-state index >= 15 is 0 Å². The molecule has 4 N–H and O–H groups in total. The van der Waals surface area contributed by atoms with Crippen molar-refractivity contribution < 1.29 is 19.8 Å². The van der Waals surface area contributed by atoms with E-state index in [0.717, 1.165) is 25.7 Å². The van der Waals surface area contributed by atoms with Crippen molar-refractivity contribution in [1.82, 2.24) is 10.6 Å². The van der Waals surface area contributed by atoms with Crippen LogP contribution in [0.3, 0.4) is 0 Å². The average Bonchev–Trinajstić information content (AvgIpc) is 3.10. The number of amides is 2. The minimum absolute atomic E-state index is 0.0980. The topological polar surface area (TPSA) is 98.7 Å². The molecule has 2 rings (SSSR count). The number of aliphatic hydroxyl groups is 2. The molecule has 0 heterocycles. The van der Waals surface area contributed by atoms with E-state index in [0.29, 0.717) is 0 Å². The summed E-state index contributed by atoms with van der Waals surface area (Å²) in [7, 11) is 0. The molecule has 0 aliphatic heterocycles. The van der Waals surface area contributed by atoms with E-state index < -0.39 is 24.0 Å². The minimum atomic E-state index is -1.68. The molecule has 0 unspecified atom stereocenters. The summed E-state index contributed by atoms with van der Waals surface area (Å²) >= 11 is 0. The van der Waals surface area contributed by atoms with Gasteiger partial charge in [-0.05, 0) is 25.7 Å². The second-order valence-electron chi connectivity index (χ2n) is 4.46. The third-order valence-corrected chi connectivity index (χ3v) is 2.68. The molecule has 2 fully saturated rings. The lowest BCUT2D eigenvalue weighted by molar-refractivity contribution is -0.146. The Kier molecular flexibility index (Phi) is 3.11. The molecule has 90 valence electrons. The van der Waals surface area contributed by atoms with Crippen LogP contribution < -0.4 is 10.6 Å². The van der Waals surface area contributed by atoms with E-state index in [-0.39, 0.29) is 12.1 Å². The van der Waals surface area contributed by atoms with Crippen molar-refractivity contribution in [3.05, 3.63) is 0 Å². The molecule has 0 saturated heterocycles. The van der Waals surface area contributed by atoms with Crippen LogP contribution in [0.1, 0.15) is 25.7 Å². The van der Waals surface area contributed by atoms with Crippen molar-refractivity contribution in [1.29, 1.82) is 0 Å². The highest BCUT2D eigenvalue weighted by molar-refractivity contribution is 5.91. The fourth-order valence-corrected chi connectivity index (χ4v) is 1.32. The van der Waals surface area contributed by atoms with Crippen LogP contribution >= 0.6 is 0 Å². The molecule has 0 aromatic heterocycles. The van der Waals surface area contributed by atoms with Gasteiger partial charge in [-0.3, -0.25) is 9.59 Å². The van der Waals surface area contributed by atoms with Gasteiger partial charge in [0.05, 0.1) is 0 Å². The van der Waals surface area contributed by atoms with E-state index in [1.807, 2.05) is 0 Å². The molecule has 0 aromatic rings. The van der Waals surface area contributed by atoms with Crippen LogP contribution in [0, 0.1) is 0 Å². The fourth-order valence-electron chi connectivity index (χ4n) is 1.32. The van der Waals surface area contributed by atoms with Gasteiger partial charge in [0.25, 0.3) is 11.8 Å². The van der Waals surface area contributed by atoms with Crippen molar-refractivity contribution in [2.45, 2.75) is 50.0 Å². The lowest BCUT2D eigenvalue weighted by Crippen LogP contribution is -2.50. The van der Waals surface area contributed by atoms with Gasteiger partial charge >= 0.3 is 0 Å². The Morgan fingerprint density at radius 3 is 1.44 bits per heavy atom. The molecule has 0 aromatic carbocycles. The van der Waals surface area contributed by atoms with Gasteiger partial charge in [-0.1, -0.05) is 0 Å². The van der Waals surface area contributed by atoms with Crippen LogP contribution in [-0.4, -0.2) is 46.3 Å². The fraction of sp³-hybridized carbons (Fsp3) is 0.800. The Labute approximate surface area is 93.0 Å². The van der Waals surface area contributed by atoms with Crippen molar-refractivity contribution in [2.75, 3.05) is 0 Å². The maximum absolute atomic E-state index is 11.3. The first-order chi connectivity index (χ1) is 7.58. The average molecular weight is 228 g/mol. The molecule has 2 atom stereocenters. The van der Waals surface area contributed by atoms with Gasteiger partial charge in [-0.15, -0.1) is 0 Å². The summed E-state index contributed by atoms with van der Waals surface area (Å²) in [6.45, 7) is 0. The first-order valence-electron chi connectivity index (χ1n) is 5.55. The highest BCUT2D eigenvalue weighted by Gasteiger charge is 2.35. The largest absolute Gasteiger partial charge is 0.380 e. The zero-order valence-corrected chi connectivity index (χ0v) is 8.85. The summed E-state index contributed by atoms with van der Waals surface area (Å²) in [6.07, 6.45) is 0.204. The third-order valence-electron chi connectivity index (χ3n) is 2.68. The molecule has 0 spiro atoms. The summed E-state index contributed by atoms with van der Waals surface area (Å²) in [5.41, 5.74) is 0. The normalized spacial score (nSPS) is 23.4. The van der Waals surface area contributed by atoms with Gasteiger partial charge < -0.3 is 20.8 Å². The number of nitrogens with one attached hydrogen (secondary N) is 2. The van der Waals surface area contributed by atoms with E-state index in [9.17, 15) is 19.8 Å². The van der Waals surface area contributed by atoms with E-state index in [1.165, 1.54) is 0 Å². The molecule has 6 nitrogen and oxygen atoms in total. The Morgan fingerprint density at radius 1 is 0.875 bits per heavy atom. The molecule has 16 heavy (non-hydrogen) atoms. The van der Waals surface area contributed by atoms with Gasteiger partial charge in [0.15, 0.2) is 12.2 Å². The summed E-state index contributed by atoms with van der Waals surface area (Å²) in [6, 6.07) is 0.196. The Hall–Kier alpha value is -1.14. The van der Waals surface area contributed by atoms with Crippen LogP contribution in [0.2, 0.25) is 0 Å². The molecule has 2 aliphatic carbocycles. The van der Waals surface area contributed by atoms with Gasteiger partial charge in [-0.2, -0.15) is 0 Å². The first kappa shape index (κ1) is 11.3. The number of hydrogen-bond donors (Lipinski definition) is 4. The molecule has 2 aliphatic rings. The van der Waals surface area contributed by atoms with Crippen molar-refractivity contribution in [3.63, 3.8) is 0 Å². The van der Waals surface area contributed by atoms with Crippen molar-refractivity contribution in [2.24, 2.45) is 0 Å². The van der Waals surface area contributed by atoms with Gasteiger partial charge in [0.1, 0.15) is 0 Å². The third kappa shape index (κ3) is 2.93. The second-order valence-corrected chi connectivity index (χ2v) is 4.46. The summed E-state index contributed by atoms with van der Waals surface area (Å²) in [5, 5.41) is 23.9. The molecule has 0 radical (unpaired) electrons. The zero-order valence-electron chi connectivity index (χ0n) is 8.85. The quantitative estimate of drug-likeness (QED) is 0.449. The number of hydrogen-bond acceptors (Lipinski definition) is 4. The van der Waals surface area contributed by atoms with Crippen molar-refractivity contribution >= 4 is 11.8 Å². The van der Waals surface area contributed by atoms with Gasteiger partial charge in [0, 0.05) is 12.1 Å². The molecule has 0 bridgehead atoms. The van der Waals surface area contributed by atoms with Gasteiger partial charge in [-0.25, -0.2) is 0 Å². The van der Waals surface area contributed by atoms with Crippen LogP contribution in [-0.2, 0) is 9.59 Å². The predicted octanol–water partition coefficient (Wildman–Crippen LogP) is -1.73. The first-order valence-corrected chi connectivity index (χ1v) is 5.55. The summed E-state index contributed by atoms with van der Waals surface area (Å²) in [5.74, 6) is -1.36. The Balaban J connectivity index is 1.78. The van der Waals surface area contributed by atoms with Crippen LogP contribution in [0.25, 0.3) is 0 Å². The maximum atomic E-state index is 11.3. The standard InChI is InChI=1S/C10H16N2O4/c13-7(9(15)11-5-1-2-5)8(14)10(16)12-6-3-4-6/h5-8,13-14H,1-4H2,(H,11,15)(H,12,16)/t7-,8-/m0/s1. The van der Waals surface area contributed by atoms with E-state index in [1.54, 1.807) is 0 Å². The lowest BCUT2D eigenvalue weighted by atomic mass is 10.1. The number of rotatable bonds is 5. The van der Waals surface area contributed by atoms with E-state index in [4.69, 9.17) is 0 Å². The minimum Gasteiger partial charge on any atom is -0.380 e. The van der Waals surface area contributed by atoms with Gasteiger partial charge in [0.2, 0.25) is 0 Å². The number of carbonyl (C=O) groups excluding carboxylic acids is 2. The lowest BCUT2D eigenvalue weighted by Gasteiger charge is -2.16. The molecule has 2 amide bonds. The summed E-state index contributed by atoms with van der Waals surface area (Å²) < 4.78 is 0. The molecule has 2 saturated carbocycles. The van der Waals surface area contributed by atoms with E-state index in [2.05, 4.69) is 10.6 Å². The monoisotopic (exact) mass is 228 g/mol. The highest BCUT2D eigenvalue weighted by atomic mass is 16.3. The van der Waals surface area contributed by atoms with Crippen LogP contribution in [0.4, 0.5) is 0 Å². The Morgan fingerprint density at radius 2 is 1.19 bits per heavy atom. The molecule has 6 heteroatoms. The maximum Gasteiger partial charge on any atom is 0.252 e. The molecular formula is C10H16N2O4. The van der Waals surface area contributed by atoms with Crippen LogP contribution in [0.5, 0.6) is 0 Å². The number of carbonyl (C=O) groups is 2. The highest BCUT2D eigenvalue weighted by Crippen LogP contribution is 2.20.